The number of thiazole rings is 1. The fourth-order valence-corrected chi connectivity index (χ4v) is 3.85. The van der Waals surface area contributed by atoms with Crippen LogP contribution in [0.5, 0.6) is 5.75 Å². The molecule has 0 saturated heterocycles. The number of amides is 1. The van der Waals surface area contributed by atoms with Crippen molar-refractivity contribution in [3.63, 3.8) is 0 Å². The number of hydrogen-bond acceptors (Lipinski definition) is 5. The van der Waals surface area contributed by atoms with E-state index in [1.54, 1.807) is 13.2 Å². The number of imidazole rings is 1. The Morgan fingerprint density at radius 1 is 1.44 bits per heavy atom. The molecule has 0 saturated carbocycles. The largest absolute Gasteiger partial charge is 0.496 e. The van der Waals surface area contributed by atoms with Crippen molar-refractivity contribution >= 4 is 39.9 Å². The molecule has 2 aromatic heterocycles. The Morgan fingerprint density at radius 2 is 2.22 bits per heavy atom. The summed E-state index contributed by atoms with van der Waals surface area (Å²) in [5.74, 6) is 0.602. The first kappa shape index (κ1) is 19.4. The summed E-state index contributed by atoms with van der Waals surface area (Å²) in [4.78, 5) is 19.4. The van der Waals surface area contributed by atoms with Gasteiger partial charge in [0.05, 0.1) is 18.8 Å². The maximum absolute atomic E-state index is 12.3. The number of fused-ring (bicyclic) bond motifs is 1. The minimum atomic E-state index is -0.196. The minimum absolute atomic E-state index is 0.0133. The Kier molecular flexibility index (Phi) is 6.15. The summed E-state index contributed by atoms with van der Waals surface area (Å²) in [6.45, 7) is 0.449. The molecule has 0 bridgehead atoms. The Labute approximate surface area is 167 Å². The van der Waals surface area contributed by atoms with Crippen LogP contribution in [0.2, 0.25) is 5.15 Å². The zero-order chi connectivity index (χ0) is 19.4. The molecule has 0 aliphatic carbocycles. The number of likely N-dealkylation sites (N-methyl/N-ethyl adjacent to an activating group) is 1. The first-order valence-corrected chi connectivity index (χ1v) is 9.63. The smallest absolute Gasteiger partial charge is 0.244 e. The predicted molar refractivity (Wildman–Crippen MR) is 110 cm³/mol. The lowest BCUT2D eigenvalue weighted by atomic mass is 10.0. The van der Waals surface area contributed by atoms with E-state index < -0.39 is 0 Å². The monoisotopic (exact) mass is 404 g/mol. The number of hydrogen-bond donors (Lipinski definition) is 1. The third kappa shape index (κ3) is 4.32. The van der Waals surface area contributed by atoms with Crippen molar-refractivity contribution in [2.24, 2.45) is 0 Å². The molecular formula is C19H21ClN4O2S. The molecule has 1 N–H and O–H groups in total. The molecule has 1 amide bonds. The molecule has 1 aromatic carbocycles. The van der Waals surface area contributed by atoms with Gasteiger partial charge in [-0.1, -0.05) is 29.8 Å². The number of aromatic nitrogens is 2. The summed E-state index contributed by atoms with van der Waals surface area (Å²) >= 11 is 7.64. The van der Waals surface area contributed by atoms with E-state index in [0.29, 0.717) is 17.4 Å². The number of benzene rings is 1. The zero-order valence-electron chi connectivity index (χ0n) is 15.3. The topological polar surface area (TPSA) is 58.9 Å². The Hall–Kier alpha value is -2.35. The molecule has 1 unspecified atom stereocenters. The first-order chi connectivity index (χ1) is 13.0. The summed E-state index contributed by atoms with van der Waals surface area (Å²) in [5, 5.41) is 5.25. The highest BCUT2D eigenvalue weighted by Gasteiger charge is 2.18. The summed E-state index contributed by atoms with van der Waals surface area (Å²) in [6, 6.07) is 7.80. The minimum Gasteiger partial charge on any atom is -0.496 e. The molecule has 6 nitrogen and oxygen atoms in total. The average molecular weight is 405 g/mol. The van der Waals surface area contributed by atoms with E-state index in [4.69, 9.17) is 16.3 Å². The standard InChI is InChI=1S/C19H21ClN4O2S/c1-23(2)15(13-6-4-5-7-16(13)26-3)12-21-17(25)9-8-14-18(20)22-19-24(14)10-11-27-19/h4-11,15H,12H2,1-3H3,(H,21,25)/b9-8+. The molecule has 3 aromatic rings. The number of nitrogens with one attached hydrogen (secondary N) is 1. The fraction of sp³-hybridized carbons (Fsp3) is 0.263. The van der Waals surface area contributed by atoms with Crippen molar-refractivity contribution in [2.45, 2.75) is 6.04 Å². The Balaban J connectivity index is 1.69. The summed E-state index contributed by atoms with van der Waals surface area (Å²) in [7, 11) is 5.59. The number of carbonyl (C=O) groups is 1. The molecule has 3 rings (SSSR count). The predicted octanol–water partition coefficient (Wildman–Crippen LogP) is 3.49. The zero-order valence-corrected chi connectivity index (χ0v) is 16.9. The molecule has 1 atom stereocenters. The van der Waals surface area contributed by atoms with Crippen LogP contribution in [0, 0.1) is 0 Å². The van der Waals surface area contributed by atoms with Crippen LogP contribution in [-0.4, -0.2) is 47.9 Å². The number of ether oxygens (including phenoxy) is 1. The maximum Gasteiger partial charge on any atom is 0.244 e. The van der Waals surface area contributed by atoms with E-state index in [-0.39, 0.29) is 11.9 Å². The molecule has 0 aliphatic heterocycles. The van der Waals surface area contributed by atoms with Crippen molar-refractivity contribution in [1.29, 1.82) is 0 Å². The number of para-hydroxylation sites is 1. The summed E-state index contributed by atoms with van der Waals surface area (Å²) < 4.78 is 7.30. The molecular weight excluding hydrogens is 384 g/mol. The Morgan fingerprint density at radius 3 is 2.96 bits per heavy atom. The van der Waals surface area contributed by atoms with Crippen LogP contribution in [0.15, 0.2) is 41.9 Å². The fourth-order valence-electron chi connectivity index (χ4n) is 2.85. The van der Waals surface area contributed by atoms with Gasteiger partial charge < -0.3 is 15.0 Å². The third-order valence-corrected chi connectivity index (χ3v) is 5.27. The SMILES string of the molecule is COc1ccccc1C(CNC(=O)/C=C/c1c(Cl)nc2sccn12)N(C)C. The molecule has 0 fully saturated rings. The molecule has 0 radical (unpaired) electrons. The van der Waals surface area contributed by atoms with Crippen LogP contribution in [0.3, 0.4) is 0 Å². The van der Waals surface area contributed by atoms with Crippen LogP contribution in [0.25, 0.3) is 11.0 Å². The van der Waals surface area contributed by atoms with Crippen molar-refractivity contribution in [3.05, 3.63) is 58.3 Å². The number of nitrogens with zero attached hydrogens (tertiary/aromatic N) is 3. The second kappa shape index (κ2) is 8.56. The van der Waals surface area contributed by atoms with Crippen molar-refractivity contribution < 1.29 is 9.53 Å². The van der Waals surface area contributed by atoms with Crippen molar-refractivity contribution in [3.8, 4) is 5.75 Å². The van der Waals surface area contributed by atoms with Crippen molar-refractivity contribution in [1.82, 2.24) is 19.6 Å². The lowest BCUT2D eigenvalue weighted by molar-refractivity contribution is -0.116. The summed E-state index contributed by atoms with van der Waals surface area (Å²) in [6.07, 6.45) is 5.03. The number of carbonyl (C=O) groups excluding carboxylic acids is 1. The number of methoxy groups -OCH3 is 1. The van der Waals surface area contributed by atoms with Crippen LogP contribution in [0.1, 0.15) is 17.3 Å². The lowest BCUT2D eigenvalue weighted by Gasteiger charge is -2.26. The van der Waals surface area contributed by atoms with E-state index in [1.807, 2.05) is 59.2 Å². The lowest BCUT2D eigenvalue weighted by Crippen LogP contribution is -2.34. The average Bonchev–Trinajstić information content (AvgIpc) is 3.21. The first-order valence-electron chi connectivity index (χ1n) is 8.37. The summed E-state index contributed by atoms with van der Waals surface area (Å²) in [5.41, 5.74) is 1.71. The molecule has 142 valence electrons. The van der Waals surface area contributed by atoms with E-state index in [9.17, 15) is 4.79 Å². The quantitative estimate of drug-likeness (QED) is 0.612. The van der Waals surface area contributed by atoms with Crippen LogP contribution < -0.4 is 10.1 Å². The van der Waals surface area contributed by atoms with Gasteiger partial charge in [-0.15, -0.1) is 11.3 Å². The van der Waals surface area contributed by atoms with Gasteiger partial charge in [-0.05, 0) is 26.2 Å². The van der Waals surface area contributed by atoms with Gasteiger partial charge in [0.15, 0.2) is 10.1 Å². The second-order valence-electron chi connectivity index (χ2n) is 6.14. The van der Waals surface area contributed by atoms with E-state index in [1.165, 1.54) is 17.4 Å². The van der Waals surface area contributed by atoms with Crippen LogP contribution >= 0.6 is 22.9 Å². The van der Waals surface area contributed by atoms with Crippen LogP contribution in [0.4, 0.5) is 0 Å². The normalized spacial score (nSPS) is 12.8. The van der Waals surface area contributed by atoms with Gasteiger partial charge in [0, 0.05) is 29.8 Å². The van der Waals surface area contributed by atoms with E-state index in [0.717, 1.165) is 16.3 Å². The van der Waals surface area contributed by atoms with Gasteiger partial charge in [-0.2, -0.15) is 0 Å². The van der Waals surface area contributed by atoms with Gasteiger partial charge in [0.1, 0.15) is 5.75 Å². The second-order valence-corrected chi connectivity index (χ2v) is 7.37. The van der Waals surface area contributed by atoms with Gasteiger partial charge in [-0.25, -0.2) is 4.98 Å². The Bertz CT molecular complexity index is 964. The molecule has 27 heavy (non-hydrogen) atoms. The third-order valence-electron chi connectivity index (χ3n) is 4.24. The van der Waals surface area contributed by atoms with Gasteiger partial charge in [0.2, 0.25) is 5.91 Å². The highest BCUT2D eigenvalue weighted by atomic mass is 35.5. The van der Waals surface area contributed by atoms with Crippen molar-refractivity contribution in [2.75, 3.05) is 27.7 Å². The van der Waals surface area contributed by atoms with E-state index in [2.05, 4.69) is 10.3 Å². The molecule has 0 aliphatic rings. The highest BCUT2D eigenvalue weighted by Crippen LogP contribution is 2.27. The molecule has 2 heterocycles. The number of rotatable bonds is 7. The molecule has 8 heteroatoms. The van der Waals surface area contributed by atoms with Crippen LogP contribution in [-0.2, 0) is 4.79 Å². The molecule has 0 spiro atoms. The van der Waals surface area contributed by atoms with E-state index >= 15 is 0 Å². The maximum atomic E-state index is 12.3. The van der Waals surface area contributed by atoms with Gasteiger partial charge >= 0.3 is 0 Å². The number of halogens is 1. The van der Waals surface area contributed by atoms with Gasteiger partial charge in [-0.3, -0.25) is 9.20 Å². The highest BCUT2D eigenvalue weighted by molar-refractivity contribution is 7.15. The van der Waals surface area contributed by atoms with Gasteiger partial charge in [0.25, 0.3) is 0 Å².